The van der Waals surface area contributed by atoms with Crippen molar-refractivity contribution in [3.63, 3.8) is 0 Å². The third-order valence-corrected chi connectivity index (χ3v) is 5.08. The molecule has 2 bridgehead atoms. The number of hydrogen-bond acceptors (Lipinski definition) is 4. The molecule has 0 atom stereocenters. The minimum Gasteiger partial charge on any atom is -1.00 e. The fourth-order valence-electron chi connectivity index (χ4n) is 3.49. The van der Waals surface area contributed by atoms with E-state index >= 15 is 0 Å². The molecule has 4 heterocycles. The summed E-state index contributed by atoms with van der Waals surface area (Å²) < 4.78 is 1.36. The van der Waals surface area contributed by atoms with Crippen LogP contribution >= 0.6 is 0 Å². The Balaban J connectivity index is 0.00000133. The van der Waals surface area contributed by atoms with Crippen LogP contribution in [0.15, 0.2) is 0 Å². The highest BCUT2D eigenvalue weighted by atomic mass is 35.5. The van der Waals surface area contributed by atoms with E-state index in [1.165, 1.54) is 56.8 Å². The second kappa shape index (κ2) is 6.27. The SMILES string of the molecule is N#CN1CCN(CC[N+]23CCN(CC2)CC3)CC1.[Cl-]. The first kappa shape index (κ1) is 14.9. The normalized spacial score (nSPS) is 34.7. The van der Waals surface area contributed by atoms with Gasteiger partial charge in [-0.3, -0.25) is 9.80 Å². The molecular formula is C13H24ClN5. The van der Waals surface area contributed by atoms with Crippen LogP contribution in [-0.2, 0) is 0 Å². The molecule has 19 heavy (non-hydrogen) atoms. The molecule has 0 aliphatic carbocycles. The van der Waals surface area contributed by atoms with Crippen molar-refractivity contribution in [2.45, 2.75) is 0 Å². The van der Waals surface area contributed by atoms with Crippen LogP contribution in [0, 0.1) is 11.5 Å². The van der Waals surface area contributed by atoms with E-state index in [1.807, 2.05) is 4.90 Å². The van der Waals surface area contributed by atoms with Crippen LogP contribution in [0.5, 0.6) is 0 Å². The molecular weight excluding hydrogens is 262 g/mol. The first-order valence-electron chi connectivity index (χ1n) is 7.24. The summed E-state index contributed by atoms with van der Waals surface area (Å²) in [6.45, 7) is 14.5. The molecule has 4 rings (SSSR count). The van der Waals surface area contributed by atoms with E-state index in [1.54, 1.807) is 0 Å². The monoisotopic (exact) mass is 285 g/mol. The van der Waals surface area contributed by atoms with Gasteiger partial charge in [-0.05, 0) is 0 Å². The number of nitriles is 1. The Kier molecular flexibility index (Phi) is 4.91. The lowest BCUT2D eigenvalue weighted by molar-refractivity contribution is -0.940. The highest BCUT2D eigenvalue weighted by Gasteiger charge is 2.38. The van der Waals surface area contributed by atoms with Gasteiger partial charge in [0, 0.05) is 52.4 Å². The Hall–Kier alpha value is -0.540. The van der Waals surface area contributed by atoms with Crippen molar-refractivity contribution < 1.29 is 16.9 Å². The molecule has 4 fully saturated rings. The van der Waals surface area contributed by atoms with Crippen molar-refractivity contribution in [2.24, 2.45) is 0 Å². The average Bonchev–Trinajstić information content (AvgIpc) is 2.48. The Bertz CT molecular complexity index is 313. The lowest BCUT2D eigenvalue weighted by atomic mass is 10.1. The van der Waals surface area contributed by atoms with Crippen molar-refractivity contribution in [2.75, 3.05) is 78.5 Å². The van der Waals surface area contributed by atoms with Gasteiger partial charge >= 0.3 is 0 Å². The molecule has 0 spiro atoms. The molecule has 0 unspecified atom stereocenters. The quantitative estimate of drug-likeness (QED) is 0.394. The van der Waals surface area contributed by atoms with Crippen molar-refractivity contribution in [3.05, 3.63) is 0 Å². The van der Waals surface area contributed by atoms with Gasteiger partial charge in [0.25, 0.3) is 0 Å². The zero-order valence-electron chi connectivity index (χ0n) is 11.6. The predicted molar refractivity (Wildman–Crippen MR) is 69.8 cm³/mol. The van der Waals surface area contributed by atoms with E-state index < -0.39 is 0 Å². The maximum absolute atomic E-state index is 8.85. The summed E-state index contributed by atoms with van der Waals surface area (Å²) in [5, 5.41) is 8.85. The van der Waals surface area contributed by atoms with Gasteiger partial charge in [0.2, 0.25) is 0 Å². The van der Waals surface area contributed by atoms with Crippen LogP contribution in [-0.4, -0.2) is 97.7 Å². The molecule has 4 aliphatic rings. The zero-order chi connectivity index (χ0) is 12.4. The summed E-state index contributed by atoms with van der Waals surface area (Å²) >= 11 is 0. The van der Waals surface area contributed by atoms with Crippen LogP contribution in [0.25, 0.3) is 0 Å². The van der Waals surface area contributed by atoms with Crippen LogP contribution in [0.2, 0.25) is 0 Å². The fourth-order valence-corrected chi connectivity index (χ4v) is 3.49. The molecule has 0 aromatic heterocycles. The van der Waals surface area contributed by atoms with Gasteiger partial charge in [0.1, 0.15) is 0 Å². The van der Waals surface area contributed by atoms with E-state index in [4.69, 9.17) is 5.26 Å². The summed E-state index contributed by atoms with van der Waals surface area (Å²) in [6, 6.07) is 0. The molecule has 6 heteroatoms. The molecule has 108 valence electrons. The Labute approximate surface area is 122 Å². The summed E-state index contributed by atoms with van der Waals surface area (Å²) in [7, 11) is 0. The second-order valence-electron chi connectivity index (χ2n) is 6.01. The number of piperazine rings is 4. The van der Waals surface area contributed by atoms with Gasteiger partial charge in [-0.25, -0.2) is 0 Å². The van der Waals surface area contributed by atoms with E-state index in [0.717, 1.165) is 26.2 Å². The van der Waals surface area contributed by atoms with Crippen molar-refractivity contribution >= 4 is 0 Å². The standard InChI is InChI=1S/C13H24N5.ClH/c14-13-17-3-1-15(2-4-17)5-9-18-10-6-16(7-11-18)8-12-18;/h1-12H2;1H/q+1;/p-1. The zero-order valence-corrected chi connectivity index (χ0v) is 12.4. The summed E-state index contributed by atoms with van der Waals surface area (Å²) in [5.74, 6) is 0. The number of rotatable bonds is 3. The van der Waals surface area contributed by atoms with Crippen molar-refractivity contribution in [1.82, 2.24) is 14.7 Å². The second-order valence-corrected chi connectivity index (χ2v) is 6.01. The largest absolute Gasteiger partial charge is 1.00 e. The minimum atomic E-state index is 0. The molecule has 0 amide bonds. The van der Waals surface area contributed by atoms with Gasteiger partial charge in [-0.2, -0.15) is 5.26 Å². The predicted octanol–water partition coefficient (Wildman–Crippen LogP) is -3.76. The maximum atomic E-state index is 8.85. The van der Waals surface area contributed by atoms with Crippen LogP contribution in [0.1, 0.15) is 0 Å². The van der Waals surface area contributed by atoms with E-state index in [2.05, 4.69) is 16.0 Å². The first-order chi connectivity index (χ1) is 8.80. The molecule has 4 aliphatic heterocycles. The highest BCUT2D eigenvalue weighted by Crippen LogP contribution is 2.19. The molecule has 0 aromatic rings. The summed E-state index contributed by atoms with van der Waals surface area (Å²) in [5.41, 5.74) is 0. The first-order valence-corrected chi connectivity index (χ1v) is 7.24. The van der Waals surface area contributed by atoms with Gasteiger partial charge in [0.05, 0.1) is 26.2 Å². The van der Waals surface area contributed by atoms with Crippen molar-refractivity contribution in [3.8, 4) is 6.19 Å². The van der Waals surface area contributed by atoms with Gasteiger partial charge in [-0.15, -0.1) is 0 Å². The molecule has 4 saturated heterocycles. The van der Waals surface area contributed by atoms with Crippen LogP contribution < -0.4 is 12.4 Å². The summed E-state index contributed by atoms with van der Waals surface area (Å²) in [6.07, 6.45) is 2.25. The number of halogens is 1. The number of hydrogen-bond donors (Lipinski definition) is 0. The van der Waals surface area contributed by atoms with Gasteiger partial charge < -0.3 is 21.8 Å². The minimum absolute atomic E-state index is 0. The Morgan fingerprint density at radius 2 is 1.47 bits per heavy atom. The van der Waals surface area contributed by atoms with E-state index in [0.29, 0.717) is 0 Å². The third-order valence-electron chi connectivity index (χ3n) is 5.08. The lowest BCUT2D eigenvalue weighted by Crippen LogP contribution is -3.00. The third kappa shape index (κ3) is 3.32. The smallest absolute Gasteiger partial charge is 0.179 e. The Morgan fingerprint density at radius 3 is 2.00 bits per heavy atom. The molecule has 5 nitrogen and oxygen atoms in total. The molecule has 0 saturated carbocycles. The summed E-state index contributed by atoms with van der Waals surface area (Å²) in [4.78, 5) is 7.02. The average molecular weight is 286 g/mol. The molecule has 0 aromatic carbocycles. The topological polar surface area (TPSA) is 33.5 Å². The molecule has 0 N–H and O–H groups in total. The van der Waals surface area contributed by atoms with Gasteiger partial charge in [0.15, 0.2) is 6.19 Å². The number of quaternary nitrogens is 1. The number of nitrogens with zero attached hydrogens (tertiary/aromatic N) is 5. The maximum Gasteiger partial charge on any atom is 0.179 e. The van der Waals surface area contributed by atoms with Gasteiger partial charge in [-0.1, -0.05) is 0 Å². The van der Waals surface area contributed by atoms with E-state index in [-0.39, 0.29) is 12.4 Å². The molecule has 0 radical (unpaired) electrons. The fraction of sp³-hybridized carbons (Fsp3) is 0.923. The highest BCUT2D eigenvalue weighted by molar-refractivity contribution is 4.81. The lowest BCUT2D eigenvalue weighted by Gasteiger charge is -2.51. The Morgan fingerprint density at radius 1 is 0.895 bits per heavy atom. The van der Waals surface area contributed by atoms with Crippen molar-refractivity contribution in [1.29, 1.82) is 5.26 Å². The van der Waals surface area contributed by atoms with E-state index in [9.17, 15) is 0 Å². The van der Waals surface area contributed by atoms with Crippen LogP contribution in [0.3, 0.4) is 0 Å². The van der Waals surface area contributed by atoms with Crippen LogP contribution in [0.4, 0.5) is 0 Å². The number of fused-ring (bicyclic) bond motifs is 3.